The molecule has 0 radical (unpaired) electrons. The van der Waals surface area contributed by atoms with Crippen molar-refractivity contribution in [2.24, 2.45) is 11.8 Å². The van der Waals surface area contributed by atoms with E-state index in [0.29, 0.717) is 25.7 Å². The fraction of sp³-hybridized carbons (Fsp3) is 0.833. The Bertz CT molecular complexity index is 298. The molecule has 0 amide bonds. The largest absolute Gasteiger partial charge is 0.481 e. The maximum Gasteiger partial charge on any atom is 0.348 e. The van der Waals surface area contributed by atoms with Crippen LogP contribution < -0.4 is 0 Å². The van der Waals surface area contributed by atoms with Crippen LogP contribution in [0.1, 0.15) is 46.5 Å². The Balaban J connectivity index is 2.26. The summed E-state index contributed by atoms with van der Waals surface area (Å²) in [6.07, 6.45) is 2.01. The molecule has 0 atom stereocenters. The average molecular weight is 260 g/mol. The van der Waals surface area contributed by atoms with Crippen molar-refractivity contribution >= 4 is 11.9 Å². The Labute approximate surface area is 106 Å². The molecule has 0 aliphatic heterocycles. The zero-order valence-electron chi connectivity index (χ0n) is 11.0. The molecule has 0 heterocycles. The Kier molecular flexibility index (Phi) is 5.10. The van der Waals surface area contributed by atoms with Gasteiger partial charge in [0.15, 0.2) is 0 Å². The molecule has 0 spiro atoms. The minimum Gasteiger partial charge on any atom is -0.481 e. The van der Waals surface area contributed by atoms with E-state index in [1.54, 1.807) is 20.8 Å². The van der Waals surface area contributed by atoms with Gasteiger partial charge in [-0.2, -0.15) is 4.89 Å². The van der Waals surface area contributed by atoms with E-state index < -0.39 is 17.5 Å². The van der Waals surface area contributed by atoms with E-state index in [9.17, 15) is 9.59 Å². The molecular formula is C12H20O6. The molecular weight excluding hydrogens is 240 g/mol. The van der Waals surface area contributed by atoms with Gasteiger partial charge < -0.3 is 5.11 Å². The molecule has 0 aromatic carbocycles. The van der Waals surface area contributed by atoms with Crippen molar-refractivity contribution in [1.82, 2.24) is 0 Å². The van der Waals surface area contributed by atoms with Gasteiger partial charge in [0.2, 0.25) is 0 Å². The summed E-state index contributed by atoms with van der Waals surface area (Å²) in [4.78, 5) is 31.7. The number of hydrogen-bond acceptors (Lipinski definition) is 5. The molecule has 0 bridgehead atoms. The van der Waals surface area contributed by atoms with E-state index in [4.69, 9.17) is 9.99 Å². The summed E-state index contributed by atoms with van der Waals surface area (Å²) in [7, 11) is 0. The second kappa shape index (κ2) is 6.15. The highest BCUT2D eigenvalue weighted by atomic mass is 17.5. The topological polar surface area (TPSA) is 82.1 Å². The number of carboxylic acid groups (broad SMARTS) is 1. The van der Waals surface area contributed by atoms with Crippen molar-refractivity contribution in [3.05, 3.63) is 0 Å². The van der Waals surface area contributed by atoms with Crippen molar-refractivity contribution < 1.29 is 29.5 Å². The average Bonchev–Trinajstić information content (AvgIpc) is 2.27. The van der Waals surface area contributed by atoms with Crippen LogP contribution in [0.2, 0.25) is 0 Å². The molecule has 0 aromatic rings. The number of rotatable bonds is 4. The van der Waals surface area contributed by atoms with E-state index in [2.05, 4.69) is 9.93 Å². The molecule has 1 saturated carbocycles. The van der Waals surface area contributed by atoms with Gasteiger partial charge in [0.05, 0.1) is 17.4 Å². The van der Waals surface area contributed by atoms with Gasteiger partial charge in [-0.25, -0.2) is 4.79 Å². The molecule has 0 saturated heterocycles. The van der Waals surface area contributed by atoms with Gasteiger partial charge >= 0.3 is 11.9 Å². The summed E-state index contributed by atoms with van der Waals surface area (Å²) in [6.45, 7) is 5.29. The van der Waals surface area contributed by atoms with E-state index in [1.807, 2.05) is 0 Å². The molecule has 6 nitrogen and oxygen atoms in total. The fourth-order valence-corrected chi connectivity index (χ4v) is 1.80. The van der Waals surface area contributed by atoms with Crippen molar-refractivity contribution in [3.8, 4) is 0 Å². The Morgan fingerprint density at radius 3 is 2.00 bits per heavy atom. The van der Waals surface area contributed by atoms with Crippen LogP contribution in [0, 0.1) is 11.8 Å². The SMILES string of the molecule is CC(C)(C)OOOC(=O)C1CCC(C(=O)O)CC1. The minimum absolute atomic E-state index is 0.302. The van der Waals surface area contributed by atoms with E-state index in [0.717, 1.165) is 0 Å². The highest BCUT2D eigenvalue weighted by molar-refractivity contribution is 5.73. The zero-order valence-corrected chi connectivity index (χ0v) is 11.0. The van der Waals surface area contributed by atoms with Crippen LogP contribution in [-0.4, -0.2) is 22.6 Å². The van der Waals surface area contributed by atoms with Crippen LogP contribution in [0.15, 0.2) is 0 Å². The first-order chi connectivity index (χ1) is 8.29. The number of carbonyl (C=O) groups is 2. The van der Waals surface area contributed by atoms with E-state index in [1.165, 1.54) is 0 Å². The summed E-state index contributed by atoms with van der Waals surface area (Å²) in [5.41, 5.74) is -0.554. The Morgan fingerprint density at radius 1 is 1.06 bits per heavy atom. The van der Waals surface area contributed by atoms with Gasteiger partial charge in [0, 0.05) is 0 Å². The maximum absolute atomic E-state index is 11.6. The first kappa shape index (κ1) is 14.9. The van der Waals surface area contributed by atoms with Gasteiger partial charge in [0.25, 0.3) is 0 Å². The predicted molar refractivity (Wildman–Crippen MR) is 61.1 cm³/mol. The minimum atomic E-state index is -0.797. The van der Waals surface area contributed by atoms with E-state index >= 15 is 0 Å². The molecule has 1 fully saturated rings. The maximum atomic E-state index is 11.6. The molecule has 1 aliphatic carbocycles. The van der Waals surface area contributed by atoms with Crippen LogP contribution in [-0.2, 0) is 24.4 Å². The normalized spacial score (nSPS) is 24.6. The quantitative estimate of drug-likeness (QED) is 0.615. The second-order valence-electron chi connectivity index (χ2n) is 5.55. The molecule has 0 aromatic heterocycles. The highest BCUT2D eigenvalue weighted by Gasteiger charge is 2.31. The lowest BCUT2D eigenvalue weighted by atomic mass is 9.82. The summed E-state index contributed by atoms with van der Waals surface area (Å²) in [5.74, 6) is -1.94. The number of carboxylic acids is 1. The van der Waals surface area contributed by atoms with Gasteiger partial charge in [-0.05, 0) is 51.5 Å². The first-order valence-corrected chi connectivity index (χ1v) is 6.08. The standard InChI is InChI=1S/C12H20O6/c1-12(2,3)17-18-16-11(15)9-6-4-8(5-7-9)10(13)14/h8-9H,4-7H2,1-3H3,(H,13,14). The fourth-order valence-electron chi connectivity index (χ4n) is 1.80. The van der Waals surface area contributed by atoms with Crippen LogP contribution in [0.25, 0.3) is 0 Å². The monoisotopic (exact) mass is 260 g/mol. The number of aliphatic carboxylic acids is 1. The van der Waals surface area contributed by atoms with Gasteiger partial charge in [-0.1, -0.05) is 0 Å². The summed E-state index contributed by atoms with van der Waals surface area (Å²) >= 11 is 0. The third-order valence-electron chi connectivity index (χ3n) is 2.81. The molecule has 18 heavy (non-hydrogen) atoms. The van der Waals surface area contributed by atoms with Crippen molar-refractivity contribution in [2.45, 2.75) is 52.1 Å². The number of hydrogen-bond donors (Lipinski definition) is 1. The van der Waals surface area contributed by atoms with Crippen LogP contribution in [0.5, 0.6) is 0 Å². The molecule has 6 heteroatoms. The van der Waals surface area contributed by atoms with Crippen LogP contribution in [0.3, 0.4) is 0 Å². The van der Waals surface area contributed by atoms with Gasteiger partial charge in [-0.3, -0.25) is 9.68 Å². The van der Waals surface area contributed by atoms with Crippen LogP contribution >= 0.6 is 0 Å². The molecule has 1 aliphatic rings. The second-order valence-corrected chi connectivity index (χ2v) is 5.55. The van der Waals surface area contributed by atoms with Crippen molar-refractivity contribution in [1.29, 1.82) is 0 Å². The highest BCUT2D eigenvalue weighted by Crippen LogP contribution is 2.29. The lowest BCUT2D eigenvalue weighted by Gasteiger charge is -2.24. The number of carbonyl (C=O) groups excluding carboxylic acids is 1. The Morgan fingerprint density at radius 2 is 1.56 bits per heavy atom. The van der Waals surface area contributed by atoms with Crippen LogP contribution in [0.4, 0.5) is 0 Å². The zero-order chi connectivity index (χ0) is 13.8. The summed E-state index contributed by atoms with van der Waals surface area (Å²) < 4.78 is 0. The lowest BCUT2D eigenvalue weighted by Crippen LogP contribution is -2.28. The summed E-state index contributed by atoms with van der Waals surface area (Å²) in [5, 5.41) is 13.3. The van der Waals surface area contributed by atoms with Gasteiger partial charge in [-0.15, -0.1) is 0 Å². The summed E-state index contributed by atoms with van der Waals surface area (Å²) in [6, 6.07) is 0. The third-order valence-corrected chi connectivity index (χ3v) is 2.81. The first-order valence-electron chi connectivity index (χ1n) is 6.08. The van der Waals surface area contributed by atoms with Gasteiger partial charge in [0.1, 0.15) is 0 Å². The predicted octanol–water partition coefficient (Wildman–Crippen LogP) is 2.08. The molecule has 0 unspecified atom stereocenters. The van der Waals surface area contributed by atoms with Crippen molar-refractivity contribution in [2.75, 3.05) is 0 Å². The molecule has 1 N–H and O–H groups in total. The van der Waals surface area contributed by atoms with Crippen molar-refractivity contribution in [3.63, 3.8) is 0 Å². The molecule has 1 rings (SSSR count). The van der Waals surface area contributed by atoms with E-state index in [-0.39, 0.29) is 11.8 Å². The Hall–Kier alpha value is -1.14. The molecule has 104 valence electrons. The smallest absolute Gasteiger partial charge is 0.348 e. The lowest BCUT2D eigenvalue weighted by molar-refractivity contribution is -0.515. The third kappa shape index (κ3) is 5.01.